The third-order valence-electron chi connectivity index (χ3n) is 4.23. The Morgan fingerprint density at radius 3 is 2.50 bits per heavy atom. The number of nitrogens with zero attached hydrogens (tertiary/aromatic N) is 1. The number of halogens is 1. The monoisotopic (exact) mass is 354 g/mol. The summed E-state index contributed by atoms with van der Waals surface area (Å²) in [6.07, 6.45) is 1.14. The minimum Gasteiger partial charge on any atom is -0.495 e. The van der Waals surface area contributed by atoms with Crippen molar-refractivity contribution < 1.29 is 23.8 Å². The first-order valence-electron chi connectivity index (χ1n) is 7.75. The Hall–Kier alpha value is -1.83. The van der Waals surface area contributed by atoms with Crippen molar-refractivity contribution in [3.05, 3.63) is 23.2 Å². The lowest BCUT2D eigenvalue weighted by Gasteiger charge is -2.37. The number of rotatable bonds is 2. The van der Waals surface area contributed by atoms with Gasteiger partial charge in [0, 0.05) is 31.6 Å². The third-order valence-corrected chi connectivity index (χ3v) is 4.53. The van der Waals surface area contributed by atoms with Crippen molar-refractivity contribution in [2.75, 3.05) is 38.7 Å². The van der Waals surface area contributed by atoms with E-state index in [1.807, 2.05) is 0 Å². The number of piperidine rings is 1. The van der Waals surface area contributed by atoms with Crippen LogP contribution >= 0.6 is 11.6 Å². The van der Waals surface area contributed by atoms with E-state index < -0.39 is 17.6 Å². The average Bonchev–Trinajstić information content (AvgIpc) is 3.03. The second-order valence-corrected chi connectivity index (χ2v) is 6.11. The molecule has 0 aliphatic carbocycles. The predicted molar refractivity (Wildman–Crippen MR) is 87.1 cm³/mol. The van der Waals surface area contributed by atoms with Gasteiger partial charge in [-0.25, -0.2) is 0 Å². The second-order valence-electron chi connectivity index (χ2n) is 5.70. The van der Waals surface area contributed by atoms with E-state index in [0.717, 1.165) is 0 Å². The summed E-state index contributed by atoms with van der Waals surface area (Å²) in [4.78, 5) is 26.0. The average molecular weight is 355 g/mol. The summed E-state index contributed by atoms with van der Waals surface area (Å²) in [5.41, 5.74) is 0.440. The van der Waals surface area contributed by atoms with E-state index in [1.54, 1.807) is 12.1 Å². The minimum absolute atomic E-state index is 0.359. The molecule has 0 radical (unpaired) electrons. The molecular weight excluding hydrogens is 336 g/mol. The first-order chi connectivity index (χ1) is 11.5. The van der Waals surface area contributed by atoms with Gasteiger partial charge in [0.25, 0.3) is 0 Å². The van der Waals surface area contributed by atoms with Crippen molar-refractivity contribution in [2.24, 2.45) is 0 Å². The first kappa shape index (κ1) is 17.0. The summed E-state index contributed by atoms with van der Waals surface area (Å²) < 4.78 is 16.3. The van der Waals surface area contributed by atoms with Gasteiger partial charge in [0.15, 0.2) is 5.79 Å². The summed E-state index contributed by atoms with van der Waals surface area (Å²) in [6.45, 7) is 2.00. The molecule has 0 saturated carbocycles. The smallest absolute Gasteiger partial charge is 0.313 e. The molecule has 0 bridgehead atoms. The Morgan fingerprint density at radius 2 is 1.92 bits per heavy atom. The van der Waals surface area contributed by atoms with Crippen molar-refractivity contribution in [3.63, 3.8) is 0 Å². The maximum Gasteiger partial charge on any atom is 0.313 e. The highest BCUT2D eigenvalue weighted by Gasteiger charge is 2.41. The summed E-state index contributed by atoms with van der Waals surface area (Å²) in [7, 11) is 1.50. The molecule has 7 nitrogen and oxygen atoms in total. The Morgan fingerprint density at radius 1 is 1.25 bits per heavy atom. The first-order valence-corrected chi connectivity index (χ1v) is 8.12. The van der Waals surface area contributed by atoms with Gasteiger partial charge in [-0.15, -0.1) is 0 Å². The van der Waals surface area contributed by atoms with E-state index in [2.05, 4.69) is 5.32 Å². The molecule has 8 heteroatoms. The molecule has 0 aromatic heterocycles. The molecule has 2 aliphatic rings. The minimum atomic E-state index is -0.694. The normalized spacial score (nSPS) is 19.3. The van der Waals surface area contributed by atoms with E-state index >= 15 is 0 Å². The van der Waals surface area contributed by atoms with Crippen molar-refractivity contribution in [1.82, 2.24) is 4.90 Å². The number of amides is 2. The summed E-state index contributed by atoms with van der Waals surface area (Å²) in [5, 5.41) is 2.92. The molecule has 2 aliphatic heterocycles. The molecule has 1 N–H and O–H groups in total. The van der Waals surface area contributed by atoms with Gasteiger partial charge in [-0.05, 0) is 18.2 Å². The predicted octanol–water partition coefficient (Wildman–Crippen LogP) is 1.65. The number of nitrogens with one attached hydrogen (secondary N) is 1. The van der Waals surface area contributed by atoms with Crippen molar-refractivity contribution in [2.45, 2.75) is 18.6 Å². The molecule has 2 fully saturated rings. The Labute approximate surface area is 144 Å². The maximum atomic E-state index is 12.3. The lowest BCUT2D eigenvalue weighted by Crippen LogP contribution is -2.50. The number of carbonyl (C=O) groups is 2. The number of hydrogen-bond donors (Lipinski definition) is 1. The highest BCUT2D eigenvalue weighted by molar-refractivity contribution is 6.39. The van der Waals surface area contributed by atoms with Crippen LogP contribution in [0.1, 0.15) is 12.8 Å². The molecule has 130 valence electrons. The van der Waals surface area contributed by atoms with Gasteiger partial charge in [0.2, 0.25) is 0 Å². The number of likely N-dealkylation sites (tertiary alicyclic amines) is 1. The molecule has 3 rings (SSSR count). The van der Waals surface area contributed by atoms with E-state index in [1.165, 1.54) is 18.1 Å². The third kappa shape index (κ3) is 3.48. The van der Waals surface area contributed by atoms with Crippen LogP contribution in [0.2, 0.25) is 5.02 Å². The van der Waals surface area contributed by atoms with Crippen LogP contribution in [0.5, 0.6) is 5.75 Å². The fourth-order valence-corrected chi connectivity index (χ4v) is 3.17. The number of methoxy groups -OCH3 is 1. The van der Waals surface area contributed by atoms with Crippen LogP contribution < -0.4 is 10.1 Å². The zero-order valence-electron chi connectivity index (χ0n) is 13.3. The summed E-state index contributed by atoms with van der Waals surface area (Å²) in [6, 6.07) is 4.79. The molecule has 0 unspecified atom stereocenters. The summed E-state index contributed by atoms with van der Waals surface area (Å²) in [5.74, 6) is -1.34. The van der Waals surface area contributed by atoms with Crippen LogP contribution in [0.15, 0.2) is 18.2 Å². The highest BCUT2D eigenvalue weighted by atomic mass is 35.5. The van der Waals surface area contributed by atoms with Crippen LogP contribution in [0.25, 0.3) is 0 Å². The van der Waals surface area contributed by atoms with Gasteiger partial charge in [-0.1, -0.05) is 11.6 Å². The zero-order chi connectivity index (χ0) is 17.2. The summed E-state index contributed by atoms with van der Waals surface area (Å²) >= 11 is 6.01. The molecule has 2 heterocycles. The number of hydrogen-bond acceptors (Lipinski definition) is 5. The SMILES string of the molecule is COc1ccc(NC(=O)C(=O)N2CCC3(CC2)OCCO3)cc1Cl. The molecule has 1 spiro atoms. The molecule has 24 heavy (non-hydrogen) atoms. The molecular formula is C16H19ClN2O5. The number of ether oxygens (including phenoxy) is 3. The Balaban J connectivity index is 1.57. The van der Waals surface area contributed by atoms with Crippen LogP contribution in [0.4, 0.5) is 5.69 Å². The van der Waals surface area contributed by atoms with E-state index in [0.29, 0.717) is 55.6 Å². The van der Waals surface area contributed by atoms with Gasteiger partial charge >= 0.3 is 11.8 Å². The van der Waals surface area contributed by atoms with Gasteiger partial charge in [-0.2, -0.15) is 0 Å². The van der Waals surface area contributed by atoms with Crippen LogP contribution in [-0.2, 0) is 19.1 Å². The van der Waals surface area contributed by atoms with Crippen LogP contribution in [0.3, 0.4) is 0 Å². The van der Waals surface area contributed by atoms with Gasteiger partial charge in [0.1, 0.15) is 5.75 Å². The fourth-order valence-electron chi connectivity index (χ4n) is 2.91. The van der Waals surface area contributed by atoms with Crippen molar-refractivity contribution >= 4 is 29.1 Å². The molecule has 1 aromatic rings. The fraction of sp³-hybridized carbons (Fsp3) is 0.500. The second kappa shape index (κ2) is 6.96. The maximum absolute atomic E-state index is 12.3. The highest BCUT2D eigenvalue weighted by Crippen LogP contribution is 2.31. The molecule has 2 saturated heterocycles. The van der Waals surface area contributed by atoms with Gasteiger partial charge < -0.3 is 24.4 Å². The van der Waals surface area contributed by atoms with E-state index in [4.69, 9.17) is 25.8 Å². The largest absolute Gasteiger partial charge is 0.495 e. The standard InChI is InChI=1S/C16H19ClN2O5/c1-22-13-3-2-11(10-12(13)17)18-14(20)15(21)19-6-4-16(5-7-19)23-8-9-24-16/h2-3,10H,4-9H2,1H3,(H,18,20). The zero-order valence-corrected chi connectivity index (χ0v) is 14.1. The van der Waals surface area contributed by atoms with Crippen LogP contribution in [-0.4, -0.2) is 55.9 Å². The Kier molecular flexibility index (Phi) is 4.93. The molecule has 0 atom stereocenters. The Bertz CT molecular complexity index is 635. The lowest BCUT2D eigenvalue weighted by molar-refractivity contribution is -0.187. The van der Waals surface area contributed by atoms with Crippen molar-refractivity contribution in [3.8, 4) is 5.75 Å². The molecule has 2 amide bonds. The topological polar surface area (TPSA) is 77.1 Å². The van der Waals surface area contributed by atoms with Crippen LogP contribution in [0, 0.1) is 0 Å². The van der Waals surface area contributed by atoms with Gasteiger partial charge in [0.05, 0.1) is 25.3 Å². The van der Waals surface area contributed by atoms with E-state index in [9.17, 15) is 9.59 Å². The molecule has 1 aromatic carbocycles. The number of benzene rings is 1. The van der Waals surface area contributed by atoms with E-state index in [-0.39, 0.29) is 0 Å². The lowest BCUT2D eigenvalue weighted by atomic mass is 10.0. The van der Waals surface area contributed by atoms with Crippen molar-refractivity contribution in [1.29, 1.82) is 0 Å². The quantitative estimate of drug-likeness (QED) is 0.817. The number of anilines is 1. The number of carbonyl (C=O) groups excluding carboxylic acids is 2. The van der Waals surface area contributed by atoms with Gasteiger partial charge in [-0.3, -0.25) is 9.59 Å².